The van der Waals surface area contributed by atoms with Crippen LogP contribution in [-0.2, 0) is 6.42 Å². The lowest BCUT2D eigenvalue weighted by molar-refractivity contribution is 0.437. The Kier molecular flexibility index (Phi) is 5.64. The molecule has 10 heteroatoms. The van der Waals surface area contributed by atoms with Gasteiger partial charge in [0.15, 0.2) is 11.6 Å². The predicted molar refractivity (Wildman–Crippen MR) is 107 cm³/mol. The average Bonchev–Trinajstić information content (AvgIpc) is 3.35. The molecule has 0 saturated carbocycles. The van der Waals surface area contributed by atoms with Crippen molar-refractivity contribution in [3.8, 4) is 29.0 Å². The number of hydrogen-bond acceptors (Lipinski definition) is 6. The van der Waals surface area contributed by atoms with Gasteiger partial charge in [-0.3, -0.25) is 0 Å². The van der Waals surface area contributed by atoms with Gasteiger partial charge in [0.25, 0.3) is 5.89 Å². The van der Waals surface area contributed by atoms with E-state index in [4.69, 9.17) is 53.6 Å². The number of furan rings is 1. The summed E-state index contributed by atoms with van der Waals surface area (Å²) >= 11 is 18.0. The van der Waals surface area contributed by atoms with E-state index < -0.39 is 5.82 Å². The lowest BCUT2D eigenvalue weighted by atomic mass is 10.1. The summed E-state index contributed by atoms with van der Waals surface area (Å²) in [5.41, 5.74) is 0.914. The molecular formula is C20H9Cl3FN3O3. The van der Waals surface area contributed by atoms with Gasteiger partial charge in [0.05, 0.1) is 34.9 Å². The summed E-state index contributed by atoms with van der Waals surface area (Å²) in [5, 5.41) is 17.3. The first-order valence-electron chi connectivity index (χ1n) is 8.35. The van der Waals surface area contributed by atoms with E-state index in [1.165, 1.54) is 36.6 Å². The smallest absolute Gasteiger partial charge is 0.252 e. The molecule has 0 N–H and O–H groups in total. The molecule has 0 aliphatic heterocycles. The largest absolute Gasteiger partial charge is 0.453 e. The van der Waals surface area contributed by atoms with Gasteiger partial charge in [-0.05, 0) is 41.9 Å². The first kappa shape index (κ1) is 20.2. The molecule has 0 aliphatic rings. The van der Waals surface area contributed by atoms with Crippen molar-refractivity contribution in [1.29, 1.82) is 5.26 Å². The van der Waals surface area contributed by atoms with Crippen LogP contribution in [0.4, 0.5) is 4.39 Å². The van der Waals surface area contributed by atoms with Crippen molar-refractivity contribution in [2.75, 3.05) is 0 Å². The molecule has 0 radical (unpaired) electrons. The fourth-order valence-electron chi connectivity index (χ4n) is 2.65. The van der Waals surface area contributed by atoms with Crippen molar-refractivity contribution in [1.82, 2.24) is 10.2 Å². The van der Waals surface area contributed by atoms with E-state index in [0.29, 0.717) is 5.56 Å². The second-order valence-electron chi connectivity index (χ2n) is 6.02. The summed E-state index contributed by atoms with van der Waals surface area (Å²) < 4.78 is 31.2. The van der Waals surface area contributed by atoms with Gasteiger partial charge < -0.3 is 13.6 Å². The molecule has 2 aromatic heterocycles. The Balaban J connectivity index is 1.62. The minimum atomic E-state index is -0.706. The van der Waals surface area contributed by atoms with E-state index in [1.54, 1.807) is 6.07 Å². The number of halogens is 4. The molecule has 0 bridgehead atoms. The van der Waals surface area contributed by atoms with Gasteiger partial charge >= 0.3 is 0 Å². The highest BCUT2D eigenvalue weighted by Gasteiger charge is 2.19. The monoisotopic (exact) mass is 463 g/mol. The molecule has 6 nitrogen and oxygen atoms in total. The van der Waals surface area contributed by atoms with E-state index in [9.17, 15) is 0 Å². The Morgan fingerprint density at radius 2 is 1.93 bits per heavy atom. The van der Waals surface area contributed by atoms with Crippen LogP contribution in [0.1, 0.15) is 17.0 Å². The minimum absolute atomic E-state index is 0.0131. The second kappa shape index (κ2) is 8.36. The zero-order valence-corrected chi connectivity index (χ0v) is 17.1. The van der Waals surface area contributed by atoms with Crippen LogP contribution in [0.2, 0.25) is 15.3 Å². The third kappa shape index (κ3) is 4.12. The van der Waals surface area contributed by atoms with Crippen LogP contribution in [0.15, 0.2) is 51.5 Å². The van der Waals surface area contributed by atoms with Gasteiger partial charge in [-0.1, -0.05) is 29.3 Å². The number of hydrogen-bond donors (Lipinski definition) is 0. The van der Waals surface area contributed by atoms with E-state index >= 15 is 4.39 Å². The van der Waals surface area contributed by atoms with Crippen molar-refractivity contribution in [3.05, 3.63) is 80.8 Å². The van der Waals surface area contributed by atoms with Crippen molar-refractivity contribution in [2.45, 2.75) is 6.42 Å². The SMILES string of the molecule is N#Cc1cc(Cl)cc(Oc2c(Cl)ccc(Cc3nnc(-c4ccoc4Cl)o3)c2F)c1. The molecule has 0 unspecified atom stereocenters. The number of benzene rings is 2. The quantitative estimate of drug-likeness (QED) is 0.327. The van der Waals surface area contributed by atoms with Crippen LogP contribution < -0.4 is 4.74 Å². The molecule has 0 amide bonds. The van der Waals surface area contributed by atoms with E-state index in [1.807, 2.05) is 6.07 Å². The molecule has 0 saturated heterocycles. The summed E-state index contributed by atoms with van der Waals surface area (Å²) in [5.74, 6) is -0.437. The zero-order chi connectivity index (χ0) is 21.3. The van der Waals surface area contributed by atoms with Gasteiger partial charge in [-0.2, -0.15) is 5.26 Å². The standard InChI is InChI=1S/C20H9Cl3FN3O3/c21-12-5-10(9-25)6-13(8-12)29-18-15(22)2-1-11(17(18)24)7-16-26-27-20(30-16)14-3-4-28-19(14)23/h1-6,8H,7H2. The maximum absolute atomic E-state index is 15.1. The summed E-state index contributed by atoms with van der Waals surface area (Å²) in [4.78, 5) is 0. The Bertz CT molecular complexity index is 1280. The van der Waals surface area contributed by atoms with E-state index in [-0.39, 0.29) is 56.1 Å². The second-order valence-corrected chi connectivity index (χ2v) is 7.21. The summed E-state index contributed by atoms with van der Waals surface area (Å²) in [6.07, 6.45) is 1.37. The average molecular weight is 465 g/mol. The van der Waals surface area contributed by atoms with Gasteiger partial charge in [-0.25, -0.2) is 4.39 Å². The number of aromatic nitrogens is 2. The third-order valence-corrected chi connectivity index (χ3v) is 4.81. The van der Waals surface area contributed by atoms with Crippen molar-refractivity contribution in [3.63, 3.8) is 0 Å². The Labute approximate surface area is 184 Å². The van der Waals surface area contributed by atoms with E-state index in [0.717, 1.165) is 0 Å². The lowest BCUT2D eigenvalue weighted by Gasteiger charge is -2.11. The van der Waals surface area contributed by atoms with E-state index in [2.05, 4.69) is 10.2 Å². The normalized spacial score (nSPS) is 10.8. The summed E-state index contributed by atoms with van der Waals surface area (Å²) in [7, 11) is 0. The highest BCUT2D eigenvalue weighted by molar-refractivity contribution is 6.32. The molecule has 30 heavy (non-hydrogen) atoms. The first-order chi connectivity index (χ1) is 14.4. The molecule has 2 aromatic carbocycles. The number of nitrogens with zero attached hydrogens (tertiary/aromatic N) is 3. The molecule has 0 fully saturated rings. The van der Waals surface area contributed by atoms with Crippen LogP contribution in [0, 0.1) is 17.1 Å². The fourth-order valence-corrected chi connectivity index (χ4v) is 3.26. The maximum Gasteiger partial charge on any atom is 0.252 e. The highest BCUT2D eigenvalue weighted by atomic mass is 35.5. The third-order valence-electron chi connectivity index (χ3n) is 4.01. The Morgan fingerprint density at radius 1 is 1.10 bits per heavy atom. The van der Waals surface area contributed by atoms with Gasteiger partial charge in [-0.15, -0.1) is 10.2 Å². The molecule has 150 valence electrons. The summed E-state index contributed by atoms with van der Waals surface area (Å²) in [6.45, 7) is 0. The Morgan fingerprint density at radius 3 is 2.67 bits per heavy atom. The first-order valence-corrected chi connectivity index (χ1v) is 9.49. The van der Waals surface area contributed by atoms with Crippen LogP contribution >= 0.6 is 34.8 Å². The number of ether oxygens (including phenoxy) is 1. The predicted octanol–water partition coefficient (Wildman–Crippen LogP) is 6.68. The van der Waals surface area contributed by atoms with Crippen molar-refractivity contribution in [2.24, 2.45) is 0 Å². The van der Waals surface area contributed by atoms with Gasteiger partial charge in [0.2, 0.25) is 11.1 Å². The molecular weight excluding hydrogens is 456 g/mol. The van der Waals surface area contributed by atoms with Crippen LogP contribution in [-0.4, -0.2) is 10.2 Å². The summed E-state index contributed by atoms with van der Waals surface area (Å²) in [6, 6.07) is 10.8. The lowest BCUT2D eigenvalue weighted by Crippen LogP contribution is -1.98. The van der Waals surface area contributed by atoms with Crippen LogP contribution in [0.3, 0.4) is 0 Å². The van der Waals surface area contributed by atoms with Crippen LogP contribution in [0.5, 0.6) is 11.5 Å². The minimum Gasteiger partial charge on any atom is -0.453 e. The van der Waals surface area contributed by atoms with Crippen LogP contribution in [0.25, 0.3) is 11.5 Å². The number of nitriles is 1. The molecule has 0 atom stereocenters. The number of rotatable bonds is 5. The Hall–Kier alpha value is -3.05. The molecule has 2 heterocycles. The molecule has 0 aliphatic carbocycles. The van der Waals surface area contributed by atoms with Crippen molar-refractivity contribution < 1.29 is 18.0 Å². The molecule has 4 aromatic rings. The van der Waals surface area contributed by atoms with Crippen molar-refractivity contribution >= 4 is 34.8 Å². The van der Waals surface area contributed by atoms with Gasteiger partial charge in [0.1, 0.15) is 5.75 Å². The topological polar surface area (TPSA) is 85.1 Å². The maximum atomic E-state index is 15.1. The zero-order valence-electron chi connectivity index (χ0n) is 14.8. The molecule has 0 spiro atoms. The fraction of sp³-hybridized carbons (Fsp3) is 0.0500. The van der Waals surface area contributed by atoms with Gasteiger partial charge in [0, 0.05) is 10.6 Å². The highest BCUT2D eigenvalue weighted by Crippen LogP contribution is 2.36. The molecule has 4 rings (SSSR count).